The minimum atomic E-state index is -1.10. The van der Waals surface area contributed by atoms with E-state index in [0.717, 1.165) is 57.2 Å². The number of carbonyl (C=O) groups is 2. The number of unbranched alkanes of at least 4 members (excludes halogenated alkanes) is 3. The highest BCUT2D eigenvalue weighted by Gasteiger charge is 2.24. The van der Waals surface area contributed by atoms with Crippen LogP contribution in [0.1, 0.15) is 85.6 Å². The first-order valence-electron chi connectivity index (χ1n) is 18.5. The summed E-state index contributed by atoms with van der Waals surface area (Å²) in [6.45, 7) is 21.0. The van der Waals surface area contributed by atoms with Crippen molar-refractivity contribution in [3.63, 3.8) is 0 Å². The topological polar surface area (TPSA) is 93.3 Å². The molecule has 12 heteroatoms. The maximum Gasteiger partial charge on any atom is 0.320 e. The van der Waals surface area contributed by atoms with E-state index in [1.807, 2.05) is 39.0 Å². The molecule has 282 valence electrons. The van der Waals surface area contributed by atoms with Gasteiger partial charge in [0.05, 0.1) is 52.5 Å². The molecule has 0 radical (unpaired) electrons. The number of esters is 2. The van der Waals surface area contributed by atoms with Gasteiger partial charge >= 0.3 is 11.9 Å². The summed E-state index contributed by atoms with van der Waals surface area (Å²) in [5, 5.41) is 0. The van der Waals surface area contributed by atoms with Gasteiger partial charge in [-0.25, -0.2) is 0 Å². The molecule has 1 aliphatic rings. The zero-order valence-electron chi connectivity index (χ0n) is 31.5. The fraction of sp³-hybridized carbons (Fsp3) is 0.784. The van der Waals surface area contributed by atoms with E-state index in [-0.39, 0.29) is 25.0 Å². The van der Waals surface area contributed by atoms with Gasteiger partial charge in [-0.05, 0) is 45.6 Å². The number of ether oxygens (including phenoxy) is 3. The lowest BCUT2D eigenvalue weighted by molar-refractivity contribution is -0.156. The molecule has 0 aromatic heterocycles. The van der Waals surface area contributed by atoms with Crippen molar-refractivity contribution in [1.29, 1.82) is 0 Å². The van der Waals surface area contributed by atoms with Gasteiger partial charge in [-0.2, -0.15) is 0 Å². The number of hydrogen-bond donors (Lipinski definition) is 0. The summed E-state index contributed by atoms with van der Waals surface area (Å²) in [4.78, 5) is 34.9. The summed E-state index contributed by atoms with van der Waals surface area (Å²) in [5.74, 6) is -0.408. The Bertz CT molecular complexity index is 991. The second-order valence-corrected chi connectivity index (χ2v) is 15.2. The lowest BCUT2D eigenvalue weighted by Gasteiger charge is -2.34. The predicted molar refractivity (Wildman–Crippen MR) is 197 cm³/mol. The molecule has 11 nitrogen and oxygen atoms in total. The molecule has 0 atom stereocenters. The van der Waals surface area contributed by atoms with Crippen LogP contribution in [0.4, 0.5) is 0 Å². The van der Waals surface area contributed by atoms with Crippen molar-refractivity contribution in [1.82, 2.24) is 19.6 Å². The number of carbonyl (C=O) groups excluding carboxylic acids is 2. The monoisotopic (exact) mass is 710 g/mol. The van der Waals surface area contributed by atoms with Gasteiger partial charge in [0, 0.05) is 52.4 Å². The second-order valence-electron chi connectivity index (χ2n) is 13.8. The molecule has 1 aromatic carbocycles. The summed E-state index contributed by atoms with van der Waals surface area (Å²) in [6.07, 6.45) is 6.66. The molecule has 49 heavy (non-hydrogen) atoms. The molecule has 0 saturated carbocycles. The molecule has 0 bridgehead atoms. The summed E-state index contributed by atoms with van der Waals surface area (Å²) >= 11 is 0. The zero-order valence-corrected chi connectivity index (χ0v) is 32.4. The molecular formula is C37H67N4O7P. The minimum absolute atomic E-state index is 0.185. The van der Waals surface area contributed by atoms with Crippen LogP contribution in [-0.2, 0) is 39.5 Å². The van der Waals surface area contributed by atoms with Crippen LogP contribution in [0.5, 0.6) is 0 Å². The van der Waals surface area contributed by atoms with Crippen molar-refractivity contribution in [2.24, 2.45) is 0 Å². The van der Waals surface area contributed by atoms with Crippen molar-refractivity contribution in [3.05, 3.63) is 35.9 Å². The van der Waals surface area contributed by atoms with E-state index in [2.05, 4.69) is 52.5 Å². The van der Waals surface area contributed by atoms with Crippen molar-refractivity contribution >= 4 is 20.3 Å². The van der Waals surface area contributed by atoms with E-state index in [1.165, 1.54) is 0 Å². The third kappa shape index (κ3) is 22.0. The average Bonchev–Trinajstić information content (AvgIpc) is 3.05. The van der Waals surface area contributed by atoms with Gasteiger partial charge in [-0.1, -0.05) is 70.4 Å². The molecule has 0 amide bonds. The van der Waals surface area contributed by atoms with Crippen LogP contribution in [0.25, 0.3) is 0 Å². The first-order chi connectivity index (χ1) is 23.6. The number of nitrogens with zero attached hydrogens (tertiary/aromatic N) is 4. The molecule has 1 fully saturated rings. The summed E-state index contributed by atoms with van der Waals surface area (Å²) < 4.78 is 30.0. The van der Waals surface area contributed by atoms with E-state index >= 15 is 0 Å². The Morgan fingerprint density at radius 3 is 1.69 bits per heavy atom. The highest BCUT2D eigenvalue weighted by Crippen LogP contribution is 2.39. The normalized spacial score (nSPS) is 16.7. The molecule has 1 heterocycles. The van der Waals surface area contributed by atoms with Crippen molar-refractivity contribution in [3.8, 4) is 0 Å². The Labute approximate surface area is 298 Å². The molecule has 0 N–H and O–H groups in total. The summed E-state index contributed by atoms with van der Waals surface area (Å²) in [5.41, 5.74) is 0.576. The SMILES string of the molecule is CCCCOC(=O)CN1CCN(COCc2ccccc2)CCN(CC(=O)OC(C)(C)C)CCN(CP(OCCCC)OCCCC)CC1. The quantitative estimate of drug-likeness (QED) is 0.0859. The molecule has 1 aromatic rings. The molecule has 2 rings (SSSR count). The van der Waals surface area contributed by atoms with Gasteiger partial charge in [0.25, 0.3) is 0 Å². The summed E-state index contributed by atoms with van der Waals surface area (Å²) in [7, 11) is -1.10. The predicted octanol–water partition coefficient (Wildman–Crippen LogP) is 5.97. The number of hydrogen-bond acceptors (Lipinski definition) is 11. The fourth-order valence-corrected chi connectivity index (χ4v) is 6.56. The first kappa shape index (κ1) is 43.5. The second kappa shape index (κ2) is 26.1. The highest BCUT2D eigenvalue weighted by atomic mass is 31.2. The number of benzene rings is 1. The molecular weight excluding hydrogens is 643 g/mol. The van der Waals surface area contributed by atoms with Crippen LogP contribution in [0.15, 0.2) is 30.3 Å². The maximum absolute atomic E-state index is 13.0. The minimum Gasteiger partial charge on any atom is -0.465 e. The van der Waals surface area contributed by atoms with Crippen LogP contribution in [0.3, 0.4) is 0 Å². The molecule has 0 spiro atoms. The van der Waals surface area contributed by atoms with Crippen LogP contribution in [-0.4, -0.2) is 135 Å². The Morgan fingerprint density at radius 1 is 0.673 bits per heavy atom. The van der Waals surface area contributed by atoms with Gasteiger partial charge in [0.1, 0.15) is 5.60 Å². The van der Waals surface area contributed by atoms with E-state index in [4.69, 9.17) is 23.3 Å². The lowest BCUT2D eigenvalue weighted by Crippen LogP contribution is -2.48. The highest BCUT2D eigenvalue weighted by molar-refractivity contribution is 7.47. The van der Waals surface area contributed by atoms with Crippen LogP contribution in [0.2, 0.25) is 0 Å². The van der Waals surface area contributed by atoms with Gasteiger partial charge in [-0.3, -0.25) is 29.2 Å². The van der Waals surface area contributed by atoms with Gasteiger partial charge in [0.2, 0.25) is 0 Å². The van der Waals surface area contributed by atoms with E-state index in [0.29, 0.717) is 78.7 Å². The van der Waals surface area contributed by atoms with E-state index in [1.54, 1.807) is 0 Å². The van der Waals surface area contributed by atoms with Gasteiger partial charge in [-0.15, -0.1) is 0 Å². The Hall–Kier alpha value is -1.69. The van der Waals surface area contributed by atoms with Crippen molar-refractivity contribution in [2.45, 2.75) is 92.3 Å². The molecule has 1 aliphatic heterocycles. The van der Waals surface area contributed by atoms with Gasteiger partial charge < -0.3 is 23.3 Å². The van der Waals surface area contributed by atoms with Crippen LogP contribution in [0, 0.1) is 0 Å². The fourth-order valence-electron chi connectivity index (χ4n) is 5.05. The molecule has 1 saturated heterocycles. The Kier molecular flexibility index (Phi) is 23.2. The maximum atomic E-state index is 13.0. The van der Waals surface area contributed by atoms with E-state index in [9.17, 15) is 9.59 Å². The third-order valence-corrected chi connectivity index (χ3v) is 9.56. The van der Waals surface area contributed by atoms with Gasteiger partial charge in [0.15, 0.2) is 8.38 Å². The summed E-state index contributed by atoms with van der Waals surface area (Å²) in [6, 6.07) is 10.2. The Morgan fingerprint density at radius 2 is 1.16 bits per heavy atom. The van der Waals surface area contributed by atoms with Crippen LogP contribution >= 0.6 is 8.38 Å². The van der Waals surface area contributed by atoms with Crippen molar-refractivity contribution in [2.75, 3.05) is 98.3 Å². The molecule has 0 aliphatic carbocycles. The van der Waals surface area contributed by atoms with Crippen LogP contribution < -0.4 is 0 Å². The Balaban J connectivity index is 2.23. The van der Waals surface area contributed by atoms with E-state index < -0.39 is 14.0 Å². The lowest BCUT2D eigenvalue weighted by atomic mass is 10.2. The zero-order chi connectivity index (χ0) is 35.7. The third-order valence-electron chi connectivity index (χ3n) is 7.98. The average molecular weight is 711 g/mol. The number of rotatable bonds is 21. The molecule has 0 unspecified atom stereocenters. The van der Waals surface area contributed by atoms with Crippen molar-refractivity contribution < 1.29 is 32.8 Å². The largest absolute Gasteiger partial charge is 0.465 e. The first-order valence-corrected chi connectivity index (χ1v) is 19.9. The standard InChI is InChI=1S/C37H67N4O7P/c1-7-10-26-45-35(42)29-38-18-22-40(32-44-31-34-16-14-13-15-17-34)23-19-39(30-36(43)48-37(4,5)6)21-25-41(24-20-38)33-49(46-27-11-8-2)47-28-12-9-3/h13-17H,7-12,18-33H2,1-6H3. The smallest absolute Gasteiger partial charge is 0.320 e.